The second kappa shape index (κ2) is 9.32. The minimum Gasteiger partial charge on any atom is -0.375 e. The van der Waals surface area contributed by atoms with E-state index in [1.807, 2.05) is 31.2 Å². The molecule has 1 amide bonds. The molecular weight excluding hydrogens is 376 g/mol. The molecule has 28 heavy (non-hydrogen) atoms. The summed E-state index contributed by atoms with van der Waals surface area (Å²) < 4.78 is 32.7. The molecule has 0 aliphatic carbocycles. The van der Waals surface area contributed by atoms with Gasteiger partial charge in [-0.15, -0.1) is 0 Å². The van der Waals surface area contributed by atoms with E-state index in [0.717, 1.165) is 5.56 Å². The molecule has 0 aromatic heterocycles. The average molecular weight is 403 g/mol. The van der Waals surface area contributed by atoms with Crippen LogP contribution >= 0.6 is 0 Å². The summed E-state index contributed by atoms with van der Waals surface area (Å²) >= 11 is 0. The molecular formula is C21H26N2O4S. The van der Waals surface area contributed by atoms with E-state index in [4.69, 9.17) is 4.74 Å². The van der Waals surface area contributed by atoms with Gasteiger partial charge in [-0.3, -0.25) is 4.79 Å². The first-order valence-electron chi connectivity index (χ1n) is 9.44. The molecule has 3 rings (SSSR count). The maximum atomic E-state index is 12.8. The predicted octanol–water partition coefficient (Wildman–Crippen LogP) is 2.43. The van der Waals surface area contributed by atoms with Crippen LogP contribution in [-0.2, 0) is 26.2 Å². The van der Waals surface area contributed by atoms with Crippen molar-refractivity contribution in [1.82, 2.24) is 9.21 Å². The zero-order valence-corrected chi connectivity index (χ0v) is 16.9. The molecule has 0 saturated carbocycles. The molecule has 0 spiro atoms. The quantitative estimate of drug-likeness (QED) is 0.667. The van der Waals surface area contributed by atoms with Gasteiger partial charge in [-0.25, -0.2) is 8.42 Å². The van der Waals surface area contributed by atoms with Crippen molar-refractivity contribution in [2.75, 3.05) is 32.8 Å². The standard InChI is InChI=1S/C21H26N2O4S/c1-18-7-5-6-8-19(18)17-27-16-15-22-13-14-23(12-11-21(22)24)28(25,26)20-9-3-2-4-10-20/h2-10H,11-17H2,1H3. The third-order valence-electron chi connectivity index (χ3n) is 4.95. The van der Waals surface area contributed by atoms with Gasteiger partial charge >= 0.3 is 0 Å². The minimum absolute atomic E-state index is 0.0368. The van der Waals surface area contributed by atoms with Crippen molar-refractivity contribution in [2.45, 2.75) is 24.8 Å². The SMILES string of the molecule is Cc1ccccc1COCCN1CCN(S(=O)(=O)c2ccccc2)CCC1=O. The molecule has 0 bridgehead atoms. The van der Waals surface area contributed by atoms with Crippen molar-refractivity contribution >= 4 is 15.9 Å². The molecule has 6 nitrogen and oxygen atoms in total. The van der Waals surface area contributed by atoms with Crippen molar-refractivity contribution in [3.05, 3.63) is 65.7 Å². The number of nitrogens with zero attached hydrogens (tertiary/aromatic N) is 2. The van der Waals surface area contributed by atoms with Crippen LogP contribution in [0.15, 0.2) is 59.5 Å². The van der Waals surface area contributed by atoms with Crippen LogP contribution < -0.4 is 0 Å². The van der Waals surface area contributed by atoms with Crippen molar-refractivity contribution in [2.24, 2.45) is 0 Å². The molecule has 0 unspecified atom stereocenters. The van der Waals surface area contributed by atoms with E-state index in [1.165, 1.54) is 9.87 Å². The second-order valence-electron chi connectivity index (χ2n) is 6.83. The molecule has 0 atom stereocenters. The summed E-state index contributed by atoms with van der Waals surface area (Å²) in [7, 11) is -3.57. The molecule has 1 heterocycles. The Labute approximate surface area is 166 Å². The third-order valence-corrected chi connectivity index (χ3v) is 6.87. The topological polar surface area (TPSA) is 66.9 Å². The van der Waals surface area contributed by atoms with Crippen molar-refractivity contribution in [3.8, 4) is 0 Å². The van der Waals surface area contributed by atoms with E-state index in [-0.39, 0.29) is 23.8 Å². The number of hydrogen-bond acceptors (Lipinski definition) is 4. The summed E-state index contributed by atoms with van der Waals surface area (Å²) in [5.41, 5.74) is 2.31. The summed E-state index contributed by atoms with van der Waals surface area (Å²) in [5, 5.41) is 0. The number of aryl methyl sites for hydroxylation is 1. The number of carbonyl (C=O) groups is 1. The Morgan fingerprint density at radius 1 is 0.964 bits per heavy atom. The zero-order chi connectivity index (χ0) is 20.0. The van der Waals surface area contributed by atoms with Gasteiger partial charge in [-0.05, 0) is 30.2 Å². The van der Waals surface area contributed by atoms with Crippen molar-refractivity contribution in [1.29, 1.82) is 0 Å². The lowest BCUT2D eigenvalue weighted by molar-refractivity contribution is -0.131. The summed E-state index contributed by atoms with van der Waals surface area (Å²) in [6.07, 6.45) is 0.184. The average Bonchev–Trinajstić information content (AvgIpc) is 2.89. The first-order chi connectivity index (χ1) is 13.5. The Balaban J connectivity index is 1.53. The number of amides is 1. The van der Waals surface area contributed by atoms with Crippen molar-refractivity contribution in [3.63, 3.8) is 0 Å². The first kappa shape index (κ1) is 20.5. The van der Waals surface area contributed by atoms with E-state index < -0.39 is 10.0 Å². The van der Waals surface area contributed by atoms with Gasteiger partial charge in [-0.2, -0.15) is 4.31 Å². The highest BCUT2D eigenvalue weighted by molar-refractivity contribution is 7.89. The lowest BCUT2D eigenvalue weighted by Gasteiger charge is -2.22. The number of ether oxygens (including phenoxy) is 1. The number of rotatable bonds is 7. The normalized spacial score (nSPS) is 16.2. The van der Waals surface area contributed by atoms with Gasteiger partial charge < -0.3 is 9.64 Å². The Morgan fingerprint density at radius 2 is 1.68 bits per heavy atom. The maximum absolute atomic E-state index is 12.8. The largest absolute Gasteiger partial charge is 0.375 e. The van der Waals surface area contributed by atoms with Crippen LogP contribution in [0.25, 0.3) is 0 Å². The smallest absolute Gasteiger partial charge is 0.243 e. The minimum atomic E-state index is -3.57. The zero-order valence-electron chi connectivity index (χ0n) is 16.1. The highest BCUT2D eigenvalue weighted by Gasteiger charge is 2.29. The number of sulfonamides is 1. The molecule has 0 radical (unpaired) electrons. The monoisotopic (exact) mass is 402 g/mol. The highest BCUT2D eigenvalue weighted by Crippen LogP contribution is 2.17. The van der Waals surface area contributed by atoms with Crippen LogP contribution in [-0.4, -0.2) is 56.3 Å². The molecule has 1 aliphatic heterocycles. The van der Waals surface area contributed by atoms with Crippen LogP contribution in [0.1, 0.15) is 17.5 Å². The van der Waals surface area contributed by atoms with Gasteiger partial charge in [0.2, 0.25) is 15.9 Å². The van der Waals surface area contributed by atoms with E-state index in [1.54, 1.807) is 35.2 Å². The first-order valence-corrected chi connectivity index (χ1v) is 10.9. The van der Waals surface area contributed by atoms with Gasteiger partial charge in [0.05, 0.1) is 18.1 Å². The fraction of sp³-hybridized carbons (Fsp3) is 0.381. The van der Waals surface area contributed by atoms with Crippen LogP contribution in [0, 0.1) is 6.92 Å². The molecule has 0 N–H and O–H groups in total. The van der Waals surface area contributed by atoms with E-state index in [0.29, 0.717) is 32.8 Å². The Bertz CT molecular complexity index is 900. The summed E-state index contributed by atoms with van der Waals surface area (Å²) in [5.74, 6) is -0.0368. The maximum Gasteiger partial charge on any atom is 0.243 e. The number of hydrogen-bond donors (Lipinski definition) is 0. The molecule has 2 aromatic carbocycles. The Morgan fingerprint density at radius 3 is 2.43 bits per heavy atom. The molecule has 1 aliphatic rings. The summed E-state index contributed by atoms with van der Waals surface area (Å²) in [4.78, 5) is 14.3. The highest BCUT2D eigenvalue weighted by atomic mass is 32.2. The lowest BCUT2D eigenvalue weighted by Crippen LogP contribution is -2.37. The van der Waals surface area contributed by atoms with Gasteiger partial charge in [0.15, 0.2) is 0 Å². The van der Waals surface area contributed by atoms with Gasteiger partial charge in [0.1, 0.15) is 0 Å². The molecule has 150 valence electrons. The molecule has 2 aromatic rings. The van der Waals surface area contributed by atoms with Gasteiger partial charge in [-0.1, -0.05) is 42.5 Å². The fourth-order valence-electron chi connectivity index (χ4n) is 3.19. The lowest BCUT2D eigenvalue weighted by atomic mass is 10.1. The van der Waals surface area contributed by atoms with E-state index in [2.05, 4.69) is 0 Å². The molecule has 1 saturated heterocycles. The van der Waals surface area contributed by atoms with Gasteiger partial charge in [0.25, 0.3) is 0 Å². The van der Waals surface area contributed by atoms with Crippen LogP contribution in [0.4, 0.5) is 0 Å². The predicted molar refractivity (Wildman–Crippen MR) is 107 cm³/mol. The summed E-state index contributed by atoms with van der Waals surface area (Å²) in [6, 6.07) is 16.4. The number of benzene rings is 2. The Kier molecular flexibility index (Phi) is 6.83. The van der Waals surface area contributed by atoms with E-state index >= 15 is 0 Å². The molecule has 1 fully saturated rings. The molecule has 7 heteroatoms. The van der Waals surface area contributed by atoms with E-state index in [9.17, 15) is 13.2 Å². The Hall–Kier alpha value is -2.22. The van der Waals surface area contributed by atoms with Gasteiger partial charge in [0, 0.05) is 32.6 Å². The summed E-state index contributed by atoms with van der Waals surface area (Å²) in [6.45, 7) is 4.30. The third kappa shape index (κ3) is 4.98. The van der Waals surface area contributed by atoms with Crippen LogP contribution in [0.5, 0.6) is 0 Å². The fourth-order valence-corrected chi connectivity index (χ4v) is 4.65. The van der Waals surface area contributed by atoms with Crippen molar-refractivity contribution < 1.29 is 17.9 Å². The second-order valence-corrected chi connectivity index (χ2v) is 8.76. The van der Waals surface area contributed by atoms with Crippen LogP contribution in [0.3, 0.4) is 0 Å². The van der Waals surface area contributed by atoms with Crippen LogP contribution in [0.2, 0.25) is 0 Å². The number of carbonyl (C=O) groups excluding carboxylic acids is 1.